The highest BCUT2D eigenvalue weighted by Gasteiger charge is 2.79. The summed E-state index contributed by atoms with van der Waals surface area (Å²) in [6.07, 6.45) is 3.33. The number of nitrogens with zero attached hydrogens (tertiary/aromatic N) is 2. The summed E-state index contributed by atoms with van der Waals surface area (Å²) in [5.74, 6) is -0.330. The zero-order valence-electron chi connectivity index (χ0n) is 15.5. The third kappa shape index (κ3) is 1.42. The van der Waals surface area contributed by atoms with Crippen molar-refractivity contribution in [2.24, 2.45) is 11.8 Å². The fourth-order valence-corrected chi connectivity index (χ4v) is 6.71. The molecule has 4 heterocycles. The van der Waals surface area contributed by atoms with Gasteiger partial charge in [-0.1, -0.05) is 29.8 Å². The molecule has 3 saturated heterocycles. The zero-order chi connectivity index (χ0) is 18.3. The molecule has 26 heavy (non-hydrogen) atoms. The van der Waals surface area contributed by atoms with E-state index in [1.807, 2.05) is 26.1 Å². The monoisotopic (exact) mass is 352 g/mol. The van der Waals surface area contributed by atoms with E-state index >= 15 is 0 Å². The summed E-state index contributed by atoms with van der Waals surface area (Å²) in [6, 6.07) is 8.23. The van der Waals surface area contributed by atoms with Crippen molar-refractivity contribution in [1.29, 1.82) is 0 Å². The van der Waals surface area contributed by atoms with E-state index in [1.54, 1.807) is 0 Å². The van der Waals surface area contributed by atoms with E-state index < -0.39 is 11.1 Å². The van der Waals surface area contributed by atoms with E-state index in [2.05, 4.69) is 28.0 Å². The molecule has 1 saturated carbocycles. The average Bonchev–Trinajstić information content (AvgIpc) is 3.03. The molecule has 4 aliphatic heterocycles. The van der Waals surface area contributed by atoms with Crippen LogP contribution in [0.2, 0.25) is 0 Å². The number of carbonyl (C=O) groups is 2. The van der Waals surface area contributed by atoms with Gasteiger partial charge < -0.3 is 9.64 Å². The van der Waals surface area contributed by atoms with Crippen molar-refractivity contribution >= 4 is 17.4 Å². The summed E-state index contributed by atoms with van der Waals surface area (Å²) in [5.41, 5.74) is 2.11. The van der Waals surface area contributed by atoms with E-state index in [0.717, 1.165) is 30.8 Å². The topological polar surface area (TPSA) is 49.9 Å². The van der Waals surface area contributed by atoms with Crippen molar-refractivity contribution in [1.82, 2.24) is 4.90 Å². The lowest BCUT2D eigenvalue weighted by molar-refractivity contribution is -0.157. The molecule has 1 aliphatic carbocycles. The number of likely N-dealkylation sites (N-methyl/N-ethyl adjacent to an activating group) is 1. The van der Waals surface area contributed by atoms with Gasteiger partial charge in [-0.25, -0.2) is 0 Å². The maximum atomic E-state index is 13.7. The molecule has 4 bridgehead atoms. The Morgan fingerprint density at radius 1 is 1.35 bits per heavy atom. The van der Waals surface area contributed by atoms with Gasteiger partial charge in [-0.3, -0.25) is 14.5 Å². The van der Waals surface area contributed by atoms with Crippen LogP contribution in [0, 0.1) is 11.8 Å². The first-order valence-corrected chi connectivity index (χ1v) is 9.38. The van der Waals surface area contributed by atoms with E-state index in [4.69, 9.17) is 4.74 Å². The number of methoxy groups -OCH3 is 1. The average molecular weight is 352 g/mol. The van der Waals surface area contributed by atoms with E-state index in [-0.39, 0.29) is 23.6 Å². The van der Waals surface area contributed by atoms with Crippen LogP contribution in [0.5, 0.6) is 0 Å². The van der Waals surface area contributed by atoms with Gasteiger partial charge in [-0.05, 0) is 25.0 Å². The maximum Gasteiger partial charge on any atom is 0.310 e. The Kier molecular flexibility index (Phi) is 3.07. The smallest absolute Gasteiger partial charge is 0.310 e. The number of esters is 1. The molecule has 4 fully saturated rings. The van der Waals surface area contributed by atoms with Crippen LogP contribution in [0.15, 0.2) is 35.9 Å². The summed E-state index contributed by atoms with van der Waals surface area (Å²) >= 11 is 0. The number of rotatable bonds is 1. The number of benzene rings is 1. The van der Waals surface area contributed by atoms with Gasteiger partial charge in [-0.15, -0.1) is 0 Å². The maximum absolute atomic E-state index is 13.7. The van der Waals surface area contributed by atoms with Gasteiger partial charge in [0, 0.05) is 38.2 Å². The van der Waals surface area contributed by atoms with Gasteiger partial charge in [0.1, 0.15) is 0 Å². The lowest BCUT2D eigenvalue weighted by Gasteiger charge is -2.52. The molecule has 0 N–H and O–H groups in total. The van der Waals surface area contributed by atoms with E-state index in [1.165, 1.54) is 12.7 Å². The van der Waals surface area contributed by atoms with Crippen LogP contribution < -0.4 is 4.90 Å². The third-order valence-corrected chi connectivity index (χ3v) is 7.49. The highest BCUT2D eigenvalue weighted by atomic mass is 16.5. The number of fused-ring (bicyclic) bond motifs is 3. The third-order valence-electron chi connectivity index (χ3n) is 7.49. The molecule has 6 rings (SSSR count). The first kappa shape index (κ1) is 16.1. The van der Waals surface area contributed by atoms with Gasteiger partial charge in [0.2, 0.25) is 0 Å². The second-order valence-corrected chi connectivity index (χ2v) is 7.99. The Balaban J connectivity index is 1.90. The normalized spacial score (nSPS) is 41.2. The molecule has 136 valence electrons. The highest BCUT2D eigenvalue weighted by Crippen LogP contribution is 2.68. The summed E-state index contributed by atoms with van der Waals surface area (Å²) in [5, 5.41) is 0. The van der Waals surface area contributed by atoms with Crippen LogP contribution in [-0.2, 0) is 19.7 Å². The molecular weight excluding hydrogens is 328 g/mol. The lowest BCUT2D eigenvalue weighted by atomic mass is 9.54. The number of ether oxygens (including phenoxy) is 1. The van der Waals surface area contributed by atoms with Crippen molar-refractivity contribution < 1.29 is 14.3 Å². The van der Waals surface area contributed by atoms with Crippen molar-refractivity contribution in [3.05, 3.63) is 41.5 Å². The number of carbonyl (C=O) groups excluding carboxylic acids is 2. The first-order chi connectivity index (χ1) is 12.5. The molecule has 5 heteroatoms. The fourth-order valence-electron chi connectivity index (χ4n) is 6.71. The van der Waals surface area contributed by atoms with Gasteiger partial charge in [0.25, 0.3) is 0 Å². The molecule has 5 aliphatic rings. The summed E-state index contributed by atoms with van der Waals surface area (Å²) < 4.78 is 5.31. The zero-order valence-corrected chi connectivity index (χ0v) is 15.5. The predicted octanol–water partition coefficient (Wildman–Crippen LogP) is 2.11. The number of allylic oxidation sites excluding steroid dienone is 1. The van der Waals surface area contributed by atoms with Gasteiger partial charge in [0.05, 0.1) is 18.4 Å². The molecule has 5 atom stereocenters. The summed E-state index contributed by atoms with van der Waals surface area (Å²) in [4.78, 5) is 31.3. The van der Waals surface area contributed by atoms with Crippen molar-refractivity contribution in [2.45, 2.75) is 30.8 Å². The standard InChI is InChI=1S/C21H24N2O3/c1-4-13-12-23-10-9-20-15-7-5-6-8-16(15)22(2)21(20,23)17(24)11-14(13)18(20)19(25)26-3/h4-8,14,18H,9-12H2,1-3H3/b13-4-/t14-,18+,20-,21-/m0/s1. The van der Waals surface area contributed by atoms with Gasteiger partial charge in [-0.2, -0.15) is 0 Å². The molecule has 0 radical (unpaired) electrons. The number of ketones is 1. The van der Waals surface area contributed by atoms with E-state index in [0.29, 0.717) is 6.42 Å². The van der Waals surface area contributed by atoms with Crippen LogP contribution in [0.25, 0.3) is 0 Å². The SMILES string of the molecule is C/C=C1/CN2CC[C@@]34c5ccccc5N(C)[C@@]23C(=O)C[C@@H]1[C@@H]4C(=O)OC. The fraction of sp³-hybridized carbons (Fsp3) is 0.524. The molecule has 5 nitrogen and oxygen atoms in total. The first-order valence-electron chi connectivity index (χ1n) is 9.38. The predicted molar refractivity (Wildman–Crippen MR) is 97.8 cm³/mol. The summed E-state index contributed by atoms with van der Waals surface area (Å²) in [7, 11) is 3.49. The molecule has 1 aromatic rings. The Morgan fingerprint density at radius 2 is 2.12 bits per heavy atom. The second-order valence-electron chi connectivity index (χ2n) is 7.99. The lowest BCUT2D eigenvalue weighted by Crippen LogP contribution is -2.71. The number of Topliss-reactive ketones (excluding diaryl/α,β-unsaturated/α-hetero) is 1. The number of hydrogen-bond donors (Lipinski definition) is 0. The Bertz CT molecular complexity index is 863. The summed E-state index contributed by atoms with van der Waals surface area (Å²) in [6.45, 7) is 3.59. The van der Waals surface area contributed by atoms with Crippen molar-refractivity contribution in [2.75, 3.05) is 32.1 Å². The molecule has 1 unspecified atom stereocenters. The Labute approximate surface area is 153 Å². The van der Waals surface area contributed by atoms with Gasteiger partial charge in [0.15, 0.2) is 11.4 Å². The van der Waals surface area contributed by atoms with Gasteiger partial charge >= 0.3 is 5.97 Å². The minimum Gasteiger partial charge on any atom is -0.469 e. The molecule has 1 spiro atoms. The minimum atomic E-state index is -0.767. The minimum absolute atomic E-state index is 0.0714. The molecular formula is C21H24N2O3. The van der Waals surface area contributed by atoms with E-state index in [9.17, 15) is 9.59 Å². The van der Waals surface area contributed by atoms with Crippen LogP contribution in [0.3, 0.4) is 0 Å². The number of hydrogen-bond acceptors (Lipinski definition) is 5. The van der Waals surface area contributed by atoms with Crippen LogP contribution in [-0.4, -0.2) is 49.6 Å². The molecule has 1 aromatic carbocycles. The quantitative estimate of drug-likeness (QED) is 0.572. The molecule has 0 amide bonds. The van der Waals surface area contributed by atoms with Crippen LogP contribution in [0.4, 0.5) is 5.69 Å². The molecule has 0 aromatic heterocycles. The Morgan fingerprint density at radius 3 is 2.85 bits per heavy atom. The largest absolute Gasteiger partial charge is 0.469 e. The van der Waals surface area contributed by atoms with Crippen molar-refractivity contribution in [3.63, 3.8) is 0 Å². The number of anilines is 1. The van der Waals surface area contributed by atoms with Crippen molar-refractivity contribution in [3.8, 4) is 0 Å². The van der Waals surface area contributed by atoms with Crippen LogP contribution in [0.1, 0.15) is 25.3 Å². The Hall–Kier alpha value is -2.14. The highest BCUT2D eigenvalue weighted by molar-refractivity contribution is 6.02. The number of para-hydroxylation sites is 1. The van der Waals surface area contributed by atoms with Crippen LogP contribution >= 0.6 is 0 Å². The second kappa shape index (κ2) is 4.97.